The maximum Gasteiger partial charge on any atom is 0.410 e. The van der Waals surface area contributed by atoms with Crippen molar-refractivity contribution in [2.75, 3.05) is 26.7 Å². The van der Waals surface area contributed by atoms with E-state index in [4.69, 9.17) is 14.0 Å². The third-order valence-corrected chi connectivity index (χ3v) is 10.2. The molecule has 3 amide bonds. The Kier molecular flexibility index (Phi) is 9.74. The van der Waals surface area contributed by atoms with Gasteiger partial charge in [-0.25, -0.2) is 9.48 Å². The molecule has 6 aromatic rings. The van der Waals surface area contributed by atoms with Crippen LogP contribution >= 0.6 is 0 Å². The van der Waals surface area contributed by atoms with Crippen LogP contribution in [0.5, 0.6) is 5.75 Å². The minimum Gasteiger partial charge on any atom is -0.496 e. The van der Waals surface area contributed by atoms with E-state index in [2.05, 4.69) is 25.9 Å². The average Bonchev–Trinajstić information content (AvgIpc) is 3.99. The van der Waals surface area contributed by atoms with Crippen molar-refractivity contribution in [3.8, 4) is 28.3 Å². The van der Waals surface area contributed by atoms with E-state index in [1.807, 2.05) is 77.6 Å². The number of amides is 3. The lowest BCUT2D eigenvalue weighted by Gasteiger charge is -2.32. The lowest BCUT2D eigenvalue weighted by Crippen LogP contribution is -2.41. The van der Waals surface area contributed by atoms with Crippen LogP contribution in [0.4, 0.5) is 4.79 Å². The Hall–Kier alpha value is -6.51. The molecule has 0 spiro atoms. The molecule has 3 aromatic carbocycles. The van der Waals surface area contributed by atoms with Crippen LogP contribution in [0.1, 0.15) is 71.8 Å². The summed E-state index contributed by atoms with van der Waals surface area (Å²) in [6.45, 7) is 8.17. The van der Waals surface area contributed by atoms with E-state index < -0.39 is 5.60 Å². The molecule has 3 aromatic heterocycles. The number of piperidine rings is 1. The van der Waals surface area contributed by atoms with Crippen LogP contribution in [-0.4, -0.2) is 90.0 Å². The maximum absolute atomic E-state index is 13.6. The molecule has 1 saturated heterocycles. The van der Waals surface area contributed by atoms with Gasteiger partial charge in [0.2, 0.25) is 0 Å². The molecular formula is C41H43N9O6. The number of benzene rings is 3. The van der Waals surface area contributed by atoms with Crippen molar-refractivity contribution in [3.63, 3.8) is 0 Å². The minimum absolute atomic E-state index is 0.0559. The molecule has 5 heterocycles. The smallest absolute Gasteiger partial charge is 0.410 e. The van der Waals surface area contributed by atoms with E-state index in [9.17, 15) is 14.4 Å². The third kappa shape index (κ3) is 7.44. The quantitative estimate of drug-likeness (QED) is 0.192. The number of carbonyl (C=O) groups excluding carboxylic acids is 3. The van der Waals surface area contributed by atoms with E-state index in [0.717, 1.165) is 27.6 Å². The summed E-state index contributed by atoms with van der Waals surface area (Å²) < 4.78 is 20.6. The first-order valence-corrected chi connectivity index (χ1v) is 18.7. The van der Waals surface area contributed by atoms with Gasteiger partial charge in [-0.05, 0) is 68.7 Å². The molecular weight excluding hydrogens is 715 g/mol. The number of nitrogens with one attached hydrogen (secondary N) is 1. The summed E-state index contributed by atoms with van der Waals surface area (Å²) in [5.41, 5.74) is 4.04. The number of nitrogens with zero attached hydrogens (tertiary/aromatic N) is 8. The predicted molar refractivity (Wildman–Crippen MR) is 206 cm³/mol. The van der Waals surface area contributed by atoms with E-state index in [0.29, 0.717) is 79.6 Å². The molecule has 2 aliphatic rings. The number of fused-ring (bicyclic) bond motifs is 2. The number of aromatic nitrogens is 6. The second kappa shape index (κ2) is 15.0. The number of hydrogen-bond donors (Lipinski definition) is 1. The molecule has 1 fully saturated rings. The highest BCUT2D eigenvalue weighted by atomic mass is 16.6. The maximum atomic E-state index is 13.6. The van der Waals surface area contributed by atoms with Crippen molar-refractivity contribution in [2.24, 2.45) is 0 Å². The first-order chi connectivity index (χ1) is 27.0. The molecule has 0 unspecified atom stereocenters. The first-order valence-electron chi connectivity index (χ1n) is 18.7. The molecule has 0 bridgehead atoms. The fraction of sp³-hybridized carbons (Fsp3) is 0.341. The molecule has 2 aliphatic heterocycles. The third-order valence-electron chi connectivity index (χ3n) is 10.2. The van der Waals surface area contributed by atoms with Crippen molar-refractivity contribution in [1.29, 1.82) is 0 Å². The van der Waals surface area contributed by atoms with Gasteiger partial charge in [0.05, 0.1) is 56.4 Å². The van der Waals surface area contributed by atoms with Crippen LogP contribution in [0, 0.1) is 0 Å². The molecule has 8 rings (SSSR count). The highest BCUT2D eigenvalue weighted by molar-refractivity contribution is 6.00. The summed E-state index contributed by atoms with van der Waals surface area (Å²) in [4.78, 5) is 43.1. The number of carbonyl (C=O) groups is 3. The number of likely N-dealkylation sites (tertiary alicyclic amines) is 1. The topological polar surface area (TPSA) is 163 Å². The molecule has 0 aliphatic carbocycles. The van der Waals surface area contributed by atoms with Crippen LogP contribution < -0.4 is 10.1 Å². The SMILES string of the molecule is COc1ccc2ccccc2c1-c1cc(CNC(=O)c2cccc(C(=O)N3CCC(n4cc(-c5cnn6c5CN(C(=O)OC(C)(C)C)CC6)nn4)CC3)c2)on1. The predicted octanol–water partition coefficient (Wildman–Crippen LogP) is 6.12. The Morgan fingerprint density at radius 3 is 2.52 bits per heavy atom. The van der Waals surface area contributed by atoms with E-state index >= 15 is 0 Å². The number of methoxy groups -OCH3 is 1. The summed E-state index contributed by atoms with van der Waals surface area (Å²) in [6.07, 6.45) is 4.71. The van der Waals surface area contributed by atoms with Crippen LogP contribution in [0.3, 0.4) is 0 Å². The zero-order valence-corrected chi connectivity index (χ0v) is 31.8. The zero-order chi connectivity index (χ0) is 39.0. The number of rotatable bonds is 8. The van der Waals surface area contributed by atoms with Gasteiger partial charge >= 0.3 is 6.09 Å². The Balaban J connectivity index is 0.866. The van der Waals surface area contributed by atoms with Crippen LogP contribution in [0.15, 0.2) is 83.6 Å². The lowest BCUT2D eigenvalue weighted by atomic mass is 10.0. The van der Waals surface area contributed by atoms with Crippen molar-refractivity contribution in [1.82, 2.24) is 45.0 Å². The second-order valence-electron chi connectivity index (χ2n) is 15.0. The fourth-order valence-corrected chi connectivity index (χ4v) is 7.30. The van der Waals surface area contributed by atoms with Crippen molar-refractivity contribution in [2.45, 2.75) is 64.9 Å². The Labute approximate surface area is 323 Å². The summed E-state index contributed by atoms with van der Waals surface area (Å²) in [6, 6.07) is 20.5. The van der Waals surface area contributed by atoms with Gasteiger partial charge in [-0.2, -0.15) is 5.10 Å². The zero-order valence-electron chi connectivity index (χ0n) is 31.8. The van der Waals surface area contributed by atoms with Crippen LogP contribution in [0.25, 0.3) is 33.3 Å². The highest BCUT2D eigenvalue weighted by Gasteiger charge is 2.30. The average molecular weight is 758 g/mol. The van der Waals surface area contributed by atoms with Crippen molar-refractivity contribution >= 4 is 28.7 Å². The summed E-state index contributed by atoms with van der Waals surface area (Å²) in [7, 11) is 1.62. The fourth-order valence-electron chi connectivity index (χ4n) is 7.30. The lowest BCUT2D eigenvalue weighted by molar-refractivity contribution is 0.0194. The van der Waals surface area contributed by atoms with Crippen LogP contribution in [-0.2, 0) is 24.4 Å². The van der Waals surface area contributed by atoms with Gasteiger partial charge in [0.1, 0.15) is 22.7 Å². The van der Waals surface area contributed by atoms with Gasteiger partial charge in [-0.15, -0.1) is 5.10 Å². The van der Waals surface area contributed by atoms with Crippen molar-refractivity contribution in [3.05, 3.63) is 102 Å². The summed E-state index contributed by atoms with van der Waals surface area (Å²) >= 11 is 0. The Morgan fingerprint density at radius 2 is 1.71 bits per heavy atom. The number of hydrogen-bond acceptors (Lipinski definition) is 10. The second-order valence-corrected chi connectivity index (χ2v) is 15.0. The minimum atomic E-state index is -0.581. The molecule has 0 radical (unpaired) electrons. The Bertz CT molecular complexity index is 2420. The van der Waals surface area contributed by atoms with Crippen molar-refractivity contribution < 1.29 is 28.4 Å². The molecule has 56 heavy (non-hydrogen) atoms. The summed E-state index contributed by atoms with van der Waals surface area (Å²) in [5, 5.41) is 22.6. The van der Waals surface area contributed by atoms with Crippen LogP contribution in [0.2, 0.25) is 0 Å². The molecule has 0 saturated carbocycles. The summed E-state index contributed by atoms with van der Waals surface area (Å²) in [5.74, 6) is 0.679. The molecule has 15 heteroatoms. The Morgan fingerprint density at radius 1 is 0.911 bits per heavy atom. The normalized spacial score (nSPS) is 14.8. The van der Waals surface area contributed by atoms with Gasteiger partial charge in [-0.1, -0.05) is 46.8 Å². The molecule has 288 valence electrons. The standard InChI is InChI=1S/C41H43N9O6/c1-41(2,3)55-40(53)48-18-19-49-35(25-48)32(23-43-49)34-24-50(46-44-34)29-14-16-47(17-15-29)39(52)28-10-7-9-27(20-28)38(51)42-22-30-21-33(45-56-30)37-31-11-6-5-8-26(31)12-13-36(37)54-4/h5-13,20-21,23-24,29H,14-19,22,25H2,1-4H3,(H,42,51). The first kappa shape index (κ1) is 36.5. The molecule has 0 atom stereocenters. The van der Waals surface area contributed by atoms with Gasteiger partial charge in [0.25, 0.3) is 11.8 Å². The van der Waals surface area contributed by atoms with Gasteiger partial charge in [0.15, 0.2) is 5.76 Å². The van der Waals surface area contributed by atoms with E-state index in [-0.39, 0.29) is 30.5 Å². The number of ether oxygens (including phenoxy) is 2. The molecule has 1 N–H and O–H groups in total. The van der Waals surface area contributed by atoms with E-state index in [1.54, 1.807) is 48.5 Å². The monoisotopic (exact) mass is 757 g/mol. The highest BCUT2D eigenvalue weighted by Crippen LogP contribution is 2.37. The molecule has 15 nitrogen and oxygen atoms in total. The van der Waals surface area contributed by atoms with Gasteiger partial charge in [0, 0.05) is 42.4 Å². The largest absolute Gasteiger partial charge is 0.496 e. The van der Waals surface area contributed by atoms with Gasteiger partial charge in [-0.3, -0.25) is 14.3 Å². The van der Waals surface area contributed by atoms with Gasteiger partial charge < -0.3 is 29.1 Å². The van der Waals surface area contributed by atoms with E-state index in [1.165, 1.54) is 0 Å².